The zero-order valence-electron chi connectivity index (χ0n) is 21.7. The highest BCUT2D eigenvalue weighted by atomic mass is 35.5. The Balaban J connectivity index is 1.74. The summed E-state index contributed by atoms with van der Waals surface area (Å²) in [6.07, 6.45) is 2.77. The molecule has 0 unspecified atom stereocenters. The van der Waals surface area contributed by atoms with E-state index < -0.39 is 5.41 Å². The van der Waals surface area contributed by atoms with E-state index in [9.17, 15) is 15.2 Å². The summed E-state index contributed by atoms with van der Waals surface area (Å²) in [4.78, 5) is 35.0. The van der Waals surface area contributed by atoms with E-state index in [1.54, 1.807) is 35.4 Å². The second-order valence-corrected chi connectivity index (χ2v) is 10.3. The van der Waals surface area contributed by atoms with Crippen LogP contribution in [-0.2, 0) is 4.79 Å². The SMILES string of the molecule is CN(CCO)c1nc(N2CCC(C)(C(N)=O)CC2)c2nc(-c3ccc(C#N)nc3)n(-c3ccc(Cl)cc3)c2n1. The van der Waals surface area contributed by atoms with Gasteiger partial charge in [-0.05, 0) is 49.2 Å². The molecule has 1 fully saturated rings. The molecule has 1 saturated heterocycles. The Morgan fingerprint density at radius 3 is 2.49 bits per heavy atom. The number of amides is 1. The average Bonchev–Trinajstić information content (AvgIpc) is 3.33. The van der Waals surface area contributed by atoms with Crippen molar-refractivity contribution in [2.75, 3.05) is 43.1 Å². The number of aromatic nitrogens is 5. The highest BCUT2D eigenvalue weighted by Crippen LogP contribution is 2.37. The number of anilines is 2. The highest BCUT2D eigenvalue weighted by molar-refractivity contribution is 6.30. The number of fused-ring (bicyclic) bond motifs is 1. The number of likely N-dealkylation sites (N-methyl/N-ethyl adjacent to an activating group) is 1. The topological polar surface area (TPSA) is 150 Å². The van der Waals surface area contributed by atoms with Gasteiger partial charge in [-0.1, -0.05) is 18.5 Å². The van der Waals surface area contributed by atoms with Gasteiger partial charge in [-0.2, -0.15) is 15.2 Å². The van der Waals surface area contributed by atoms with Gasteiger partial charge in [0, 0.05) is 54.6 Å². The van der Waals surface area contributed by atoms with Gasteiger partial charge in [-0.3, -0.25) is 9.36 Å². The van der Waals surface area contributed by atoms with Crippen molar-refractivity contribution in [1.29, 1.82) is 5.26 Å². The van der Waals surface area contributed by atoms with Crippen molar-refractivity contribution in [1.82, 2.24) is 24.5 Å². The summed E-state index contributed by atoms with van der Waals surface area (Å²) in [5.41, 5.74) is 8.02. The third-order valence-electron chi connectivity index (χ3n) is 7.24. The molecule has 1 amide bonds. The number of hydrogen-bond acceptors (Lipinski definition) is 9. The zero-order valence-corrected chi connectivity index (χ0v) is 22.4. The first kappa shape index (κ1) is 26.3. The summed E-state index contributed by atoms with van der Waals surface area (Å²) < 4.78 is 1.91. The summed E-state index contributed by atoms with van der Waals surface area (Å²) in [7, 11) is 1.82. The van der Waals surface area contributed by atoms with Crippen molar-refractivity contribution in [2.24, 2.45) is 11.1 Å². The van der Waals surface area contributed by atoms with Gasteiger partial charge in [0.15, 0.2) is 17.0 Å². The van der Waals surface area contributed by atoms with Crippen LogP contribution in [-0.4, -0.2) is 68.8 Å². The minimum Gasteiger partial charge on any atom is -0.395 e. The number of imidazole rings is 1. The fourth-order valence-electron chi connectivity index (χ4n) is 4.65. The number of nitrogens with zero attached hydrogens (tertiary/aromatic N) is 8. The van der Waals surface area contributed by atoms with Gasteiger partial charge in [-0.25, -0.2) is 9.97 Å². The Kier molecular flexibility index (Phi) is 7.08. The molecule has 200 valence electrons. The van der Waals surface area contributed by atoms with Crippen molar-refractivity contribution < 1.29 is 9.90 Å². The lowest BCUT2D eigenvalue weighted by atomic mass is 9.80. The van der Waals surface area contributed by atoms with Crippen LogP contribution in [0.25, 0.3) is 28.2 Å². The van der Waals surface area contributed by atoms with Gasteiger partial charge in [0.05, 0.1) is 6.61 Å². The molecule has 1 aliphatic rings. The molecule has 0 saturated carbocycles. The maximum absolute atomic E-state index is 12.1. The molecule has 12 heteroatoms. The molecule has 0 bridgehead atoms. The summed E-state index contributed by atoms with van der Waals surface area (Å²) in [6, 6.07) is 12.8. The van der Waals surface area contributed by atoms with Crippen LogP contribution in [0.3, 0.4) is 0 Å². The van der Waals surface area contributed by atoms with Gasteiger partial charge in [-0.15, -0.1) is 0 Å². The summed E-state index contributed by atoms with van der Waals surface area (Å²) in [6.45, 7) is 3.30. The van der Waals surface area contributed by atoms with Gasteiger partial charge in [0.2, 0.25) is 11.9 Å². The summed E-state index contributed by atoms with van der Waals surface area (Å²) in [5.74, 6) is 1.32. The van der Waals surface area contributed by atoms with Crippen molar-refractivity contribution >= 4 is 40.4 Å². The van der Waals surface area contributed by atoms with E-state index in [0.29, 0.717) is 77.5 Å². The van der Waals surface area contributed by atoms with E-state index in [2.05, 4.69) is 9.88 Å². The van der Waals surface area contributed by atoms with Crippen LogP contribution in [0.4, 0.5) is 11.8 Å². The fraction of sp³-hybridized carbons (Fsp3) is 0.333. The standard InChI is InChI=1S/C27H28ClN9O2/c1-27(25(30)39)9-11-36(12-10-27)23-21-24(34-26(33-23)35(2)13-14-38)37(20-7-4-18(28)5-8-20)22(32-21)17-3-6-19(15-29)31-16-17/h3-8,16,38H,9-14H2,1-2H3,(H2,30,39). The van der Waals surface area contributed by atoms with Crippen molar-refractivity contribution in [3.8, 4) is 23.1 Å². The van der Waals surface area contributed by atoms with Crippen molar-refractivity contribution in [2.45, 2.75) is 19.8 Å². The van der Waals surface area contributed by atoms with E-state index in [1.165, 1.54) is 0 Å². The molecular formula is C27H28ClN9O2. The molecule has 0 atom stereocenters. The number of carbonyl (C=O) groups excluding carboxylic acids is 1. The first-order valence-corrected chi connectivity index (χ1v) is 12.9. The number of rotatable bonds is 7. The molecular weight excluding hydrogens is 518 g/mol. The number of nitrogens with two attached hydrogens (primary N) is 1. The number of aliphatic hydroxyl groups excluding tert-OH is 1. The molecule has 4 aromatic rings. The van der Waals surface area contributed by atoms with Crippen LogP contribution >= 0.6 is 11.6 Å². The number of piperidine rings is 1. The molecule has 0 aliphatic carbocycles. The predicted molar refractivity (Wildman–Crippen MR) is 149 cm³/mol. The minimum absolute atomic E-state index is 0.0630. The largest absolute Gasteiger partial charge is 0.395 e. The minimum atomic E-state index is -0.582. The van der Waals surface area contributed by atoms with Crippen molar-refractivity contribution in [3.05, 3.63) is 53.3 Å². The Hall–Kier alpha value is -4.27. The van der Waals surface area contributed by atoms with Crippen molar-refractivity contribution in [3.63, 3.8) is 0 Å². The molecule has 39 heavy (non-hydrogen) atoms. The number of hydrogen-bond donors (Lipinski definition) is 2. The van der Waals surface area contributed by atoms with E-state index >= 15 is 0 Å². The molecule has 0 radical (unpaired) electrons. The maximum atomic E-state index is 12.1. The highest BCUT2D eigenvalue weighted by Gasteiger charge is 2.37. The summed E-state index contributed by atoms with van der Waals surface area (Å²) >= 11 is 6.19. The first-order valence-electron chi connectivity index (χ1n) is 12.5. The summed E-state index contributed by atoms with van der Waals surface area (Å²) in [5, 5.41) is 19.4. The van der Waals surface area contributed by atoms with E-state index in [0.717, 1.165) is 5.69 Å². The molecule has 3 aromatic heterocycles. The second kappa shape index (κ2) is 10.5. The van der Waals surface area contributed by atoms with Gasteiger partial charge >= 0.3 is 0 Å². The van der Waals surface area contributed by atoms with Crippen LogP contribution in [0.2, 0.25) is 5.02 Å². The monoisotopic (exact) mass is 545 g/mol. The lowest BCUT2D eigenvalue weighted by Gasteiger charge is -2.38. The lowest BCUT2D eigenvalue weighted by Crippen LogP contribution is -2.45. The van der Waals surface area contributed by atoms with E-state index in [1.807, 2.05) is 36.7 Å². The fourth-order valence-corrected chi connectivity index (χ4v) is 4.78. The number of pyridine rings is 1. The number of halogens is 1. The number of nitriles is 1. The Bertz CT molecular complexity index is 1550. The number of aliphatic hydroxyl groups is 1. The van der Waals surface area contributed by atoms with Crippen LogP contribution in [0, 0.1) is 16.7 Å². The zero-order chi connectivity index (χ0) is 27.7. The third kappa shape index (κ3) is 4.96. The van der Waals surface area contributed by atoms with Crippen LogP contribution in [0.15, 0.2) is 42.6 Å². The van der Waals surface area contributed by atoms with Crippen LogP contribution < -0.4 is 15.5 Å². The Morgan fingerprint density at radius 1 is 1.18 bits per heavy atom. The molecule has 5 rings (SSSR count). The number of carbonyl (C=O) groups is 1. The molecule has 3 N–H and O–H groups in total. The molecule has 1 aromatic carbocycles. The lowest BCUT2D eigenvalue weighted by molar-refractivity contribution is -0.127. The van der Waals surface area contributed by atoms with Gasteiger partial charge in [0.25, 0.3) is 0 Å². The van der Waals surface area contributed by atoms with E-state index in [4.69, 9.17) is 32.3 Å². The third-order valence-corrected chi connectivity index (χ3v) is 7.49. The number of primary amides is 1. The quantitative estimate of drug-likeness (QED) is 0.357. The number of benzene rings is 1. The molecule has 0 spiro atoms. The molecule has 11 nitrogen and oxygen atoms in total. The average molecular weight is 546 g/mol. The van der Waals surface area contributed by atoms with Gasteiger partial charge in [0.1, 0.15) is 17.6 Å². The van der Waals surface area contributed by atoms with Gasteiger partial charge < -0.3 is 20.6 Å². The smallest absolute Gasteiger partial charge is 0.229 e. The molecule has 4 heterocycles. The Morgan fingerprint density at radius 2 is 1.90 bits per heavy atom. The van der Waals surface area contributed by atoms with Crippen LogP contribution in [0.5, 0.6) is 0 Å². The first-order chi connectivity index (χ1) is 18.7. The Labute approximate surface area is 230 Å². The second-order valence-electron chi connectivity index (χ2n) is 9.87. The normalized spacial score (nSPS) is 14.8. The maximum Gasteiger partial charge on any atom is 0.229 e. The van der Waals surface area contributed by atoms with Crippen LogP contribution in [0.1, 0.15) is 25.5 Å². The van der Waals surface area contributed by atoms with E-state index in [-0.39, 0.29) is 12.5 Å². The predicted octanol–water partition coefficient (Wildman–Crippen LogP) is 2.92. The molecule has 1 aliphatic heterocycles.